The lowest BCUT2D eigenvalue weighted by atomic mass is 9.96. The highest BCUT2D eigenvalue weighted by Crippen LogP contribution is 2.26. The van der Waals surface area contributed by atoms with Gasteiger partial charge in [0.05, 0.1) is 18.1 Å². The van der Waals surface area contributed by atoms with Gasteiger partial charge >= 0.3 is 0 Å². The van der Waals surface area contributed by atoms with Gasteiger partial charge in [-0.15, -0.1) is 0 Å². The van der Waals surface area contributed by atoms with Gasteiger partial charge in [-0.05, 0) is 43.0 Å². The maximum Gasteiger partial charge on any atom is 0.251 e. The number of rotatable bonds is 8. The molecule has 1 aromatic rings. The van der Waals surface area contributed by atoms with E-state index in [2.05, 4.69) is 24.1 Å². The highest BCUT2D eigenvalue weighted by Gasteiger charge is 2.29. The number of hydrogen-bond acceptors (Lipinski definition) is 5. The molecule has 1 unspecified atom stereocenters. The quantitative estimate of drug-likeness (QED) is 0.658. The summed E-state index contributed by atoms with van der Waals surface area (Å²) in [6.07, 6.45) is 5.15. The van der Waals surface area contributed by atoms with Crippen molar-refractivity contribution >= 4 is 15.9 Å². The number of nitrogens with zero attached hydrogens (tertiary/aromatic N) is 2. The molecule has 1 aromatic carbocycles. The molecule has 0 aromatic heterocycles. The number of carbonyl (C=O) groups excluding carboxylic acids is 1. The summed E-state index contributed by atoms with van der Waals surface area (Å²) in [5.74, 6) is 0.227. The smallest absolute Gasteiger partial charge is 0.251 e. The largest absolute Gasteiger partial charge is 0.379 e. The van der Waals surface area contributed by atoms with E-state index in [4.69, 9.17) is 4.74 Å². The lowest BCUT2D eigenvalue weighted by molar-refractivity contribution is 0.00672. The van der Waals surface area contributed by atoms with Crippen LogP contribution in [0.1, 0.15) is 56.3 Å². The second kappa shape index (κ2) is 10.9. The van der Waals surface area contributed by atoms with Crippen molar-refractivity contribution in [2.45, 2.75) is 62.9 Å². The van der Waals surface area contributed by atoms with Gasteiger partial charge in [0.15, 0.2) is 0 Å². The molecule has 1 atom stereocenters. The van der Waals surface area contributed by atoms with E-state index in [0.717, 1.165) is 52.0 Å². The third kappa shape index (κ3) is 6.06. The van der Waals surface area contributed by atoms with Gasteiger partial charge in [-0.2, -0.15) is 4.31 Å². The van der Waals surface area contributed by atoms with Crippen molar-refractivity contribution in [1.29, 1.82) is 0 Å². The fraction of sp³-hybridized carbons (Fsp3) is 0.696. The average molecular weight is 452 g/mol. The summed E-state index contributed by atoms with van der Waals surface area (Å²) >= 11 is 0. The van der Waals surface area contributed by atoms with E-state index >= 15 is 0 Å². The molecule has 1 aliphatic carbocycles. The van der Waals surface area contributed by atoms with Crippen LogP contribution in [0.2, 0.25) is 0 Å². The third-order valence-electron chi connectivity index (χ3n) is 6.64. The molecule has 0 radical (unpaired) electrons. The minimum Gasteiger partial charge on any atom is -0.379 e. The summed E-state index contributed by atoms with van der Waals surface area (Å²) < 4.78 is 32.9. The number of nitrogens with one attached hydrogen (secondary N) is 1. The minimum absolute atomic E-state index is 0.0647. The molecule has 1 saturated carbocycles. The van der Waals surface area contributed by atoms with Gasteiger partial charge in [0.2, 0.25) is 10.0 Å². The molecule has 2 aliphatic rings. The van der Waals surface area contributed by atoms with Crippen LogP contribution in [-0.2, 0) is 14.8 Å². The predicted molar refractivity (Wildman–Crippen MR) is 122 cm³/mol. The number of morpholine rings is 1. The van der Waals surface area contributed by atoms with Gasteiger partial charge in [0.25, 0.3) is 5.91 Å². The number of ether oxygens (including phenoxy) is 1. The molecule has 2 fully saturated rings. The molecule has 1 saturated heterocycles. The number of hydrogen-bond donors (Lipinski definition) is 1. The van der Waals surface area contributed by atoms with Crippen molar-refractivity contribution in [3.8, 4) is 0 Å². The van der Waals surface area contributed by atoms with Crippen molar-refractivity contribution in [3.05, 3.63) is 29.8 Å². The maximum absolute atomic E-state index is 13.0. The van der Waals surface area contributed by atoms with Crippen LogP contribution < -0.4 is 5.32 Å². The summed E-state index contributed by atoms with van der Waals surface area (Å²) in [7, 11) is -1.88. The molecule has 0 spiro atoms. The monoisotopic (exact) mass is 451 g/mol. The van der Waals surface area contributed by atoms with Crippen LogP contribution in [0.15, 0.2) is 29.2 Å². The van der Waals surface area contributed by atoms with Gasteiger partial charge in [-0.25, -0.2) is 8.42 Å². The standard InChI is InChI=1S/C23H37N3O4S/c1-18(2)22(26-13-15-30-16-14-26)17-24-23(27)19-9-11-21(12-10-19)31(28,29)25(3)20-7-5-4-6-8-20/h9-12,18,20,22H,4-8,13-17H2,1-3H3,(H,24,27). The van der Waals surface area contributed by atoms with Gasteiger partial charge in [-0.1, -0.05) is 33.1 Å². The Morgan fingerprint density at radius 1 is 1.13 bits per heavy atom. The lowest BCUT2D eigenvalue weighted by Gasteiger charge is -2.36. The first-order valence-electron chi connectivity index (χ1n) is 11.5. The van der Waals surface area contributed by atoms with Crippen LogP contribution in [0.5, 0.6) is 0 Å². The summed E-state index contributed by atoms with van der Waals surface area (Å²) in [6, 6.07) is 6.62. The number of carbonyl (C=O) groups is 1. The Labute approximate surface area is 187 Å². The van der Waals surface area contributed by atoms with Crippen molar-refractivity contribution in [3.63, 3.8) is 0 Å². The van der Waals surface area contributed by atoms with Gasteiger partial charge < -0.3 is 10.1 Å². The molecule has 31 heavy (non-hydrogen) atoms. The van der Waals surface area contributed by atoms with Gasteiger partial charge in [0, 0.05) is 44.3 Å². The molecule has 1 aliphatic heterocycles. The van der Waals surface area contributed by atoms with E-state index in [1.807, 2.05) is 0 Å². The minimum atomic E-state index is -3.55. The highest BCUT2D eigenvalue weighted by atomic mass is 32.2. The zero-order valence-electron chi connectivity index (χ0n) is 19.0. The van der Waals surface area contributed by atoms with E-state index in [1.54, 1.807) is 31.3 Å². The van der Waals surface area contributed by atoms with Crippen LogP contribution >= 0.6 is 0 Å². The summed E-state index contributed by atoms with van der Waals surface area (Å²) in [4.78, 5) is 15.3. The first kappa shape index (κ1) is 24.2. The summed E-state index contributed by atoms with van der Waals surface area (Å²) in [5, 5.41) is 3.03. The topological polar surface area (TPSA) is 79.0 Å². The molecule has 1 heterocycles. The first-order chi connectivity index (χ1) is 14.8. The third-order valence-corrected chi connectivity index (χ3v) is 8.56. The van der Waals surface area contributed by atoms with E-state index in [-0.39, 0.29) is 22.9 Å². The van der Waals surface area contributed by atoms with Gasteiger partial charge in [-0.3, -0.25) is 9.69 Å². The fourth-order valence-corrected chi connectivity index (χ4v) is 6.00. The Hall–Kier alpha value is -1.48. The zero-order chi connectivity index (χ0) is 22.4. The van der Waals surface area contributed by atoms with Crippen LogP contribution in [-0.4, -0.2) is 75.5 Å². The predicted octanol–water partition coefficient (Wildman–Crippen LogP) is 2.73. The molecule has 7 nitrogen and oxygen atoms in total. The average Bonchev–Trinajstić information content (AvgIpc) is 2.79. The molecular formula is C23H37N3O4S. The highest BCUT2D eigenvalue weighted by molar-refractivity contribution is 7.89. The van der Waals surface area contributed by atoms with Crippen LogP contribution in [0.3, 0.4) is 0 Å². The van der Waals surface area contributed by atoms with Crippen LogP contribution in [0, 0.1) is 5.92 Å². The lowest BCUT2D eigenvalue weighted by Crippen LogP contribution is -2.51. The van der Waals surface area contributed by atoms with Crippen LogP contribution in [0.4, 0.5) is 0 Å². The summed E-state index contributed by atoms with van der Waals surface area (Å²) in [6.45, 7) is 8.08. The summed E-state index contributed by atoms with van der Waals surface area (Å²) in [5.41, 5.74) is 0.476. The Morgan fingerprint density at radius 2 is 1.74 bits per heavy atom. The van der Waals surface area contributed by atoms with Crippen molar-refractivity contribution in [2.75, 3.05) is 39.9 Å². The Balaban J connectivity index is 1.61. The second-order valence-electron chi connectivity index (χ2n) is 9.01. The van der Waals surface area contributed by atoms with Crippen molar-refractivity contribution in [1.82, 2.24) is 14.5 Å². The van der Waals surface area contributed by atoms with E-state index in [1.165, 1.54) is 10.7 Å². The Kier molecular flexibility index (Phi) is 8.50. The molecule has 0 bridgehead atoms. The van der Waals surface area contributed by atoms with Crippen molar-refractivity contribution < 1.29 is 17.9 Å². The number of benzene rings is 1. The first-order valence-corrected chi connectivity index (χ1v) is 12.9. The molecular weight excluding hydrogens is 414 g/mol. The second-order valence-corrected chi connectivity index (χ2v) is 11.0. The van der Waals surface area contributed by atoms with E-state index in [9.17, 15) is 13.2 Å². The molecule has 174 valence electrons. The molecule has 1 N–H and O–H groups in total. The molecule has 3 rings (SSSR count). The Bertz CT molecular complexity index is 814. The normalized spacial score (nSPS) is 20.2. The zero-order valence-corrected chi connectivity index (χ0v) is 19.9. The van der Waals surface area contributed by atoms with E-state index < -0.39 is 10.0 Å². The molecule has 8 heteroatoms. The maximum atomic E-state index is 13.0. The number of sulfonamides is 1. The number of amides is 1. The SMILES string of the molecule is CC(C)C(CNC(=O)c1ccc(S(=O)(=O)N(C)C2CCCCC2)cc1)N1CCOCC1. The van der Waals surface area contributed by atoms with Crippen molar-refractivity contribution in [2.24, 2.45) is 5.92 Å². The molecule has 1 amide bonds. The Morgan fingerprint density at radius 3 is 2.32 bits per heavy atom. The fourth-order valence-electron chi connectivity index (χ4n) is 4.58. The van der Waals surface area contributed by atoms with Gasteiger partial charge in [0.1, 0.15) is 0 Å². The van der Waals surface area contributed by atoms with E-state index in [0.29, 0.717) is 18.0 Å². The van der Waals surface area contributed by atoms with Crippen LogP contribution in [0.25, 0.3) is 0 Å².